The highest BCUT2D eigenvalue weighted by atomic mass is 35.5. The number of hydrogen-bond acceptors (Lipinski definition) is 2. The van der Waals surface area contributed by atoms with Crippen molar-refractivity contribution in [3.05, 3.63) is 0 Å². The molecule has 78 valence electrons. The largest absolute Gasteiger partial charge is 0.225 e. The third-order valence-electron chi connectivity index (χ3n) is 2.46. The van der Waals surface area contributed by atoms with Crippen LogP contribution in [0, 0.1) is 5.92 Å². The maximum atomic E-state index is 11.0. The van der Waals surface area contributed by atoms with Gasteiger partial charge in [0.25, 0.3) is 0 Å². The number of rotatable bonds is 4. The lowest BCUT2D eigenvalue weighted by Crippen LogP contribution is -2.30. The van der Waals surface area contributed by atoms with Crippen LogP contribution in [0.3, 0.4) is 0 Å². The number of sulfonamides is 1. The summed E-state index contributed by atoms with van der Waals surface area (Å²) in [6.07, 6.45) is 6.04. The summed E-state index contributed by atoms with van der Waals surface area (Å²) in [6, 6.07) is 0. The van der Waals surface area contributed by atoms with Crippen LogP contribution < -0.4 is 4.72 Å². The van der Waals surface area contributed by atoms with Gasteiger partial charge in [0.15, 0.2) is 0 Å². The highest BCUT2D eigenvalue weighted by Crippen LogP contribution is 2.22. The average Bonchev–Trinajstić information content (AvgIpc) is 2.17. The Labute approximate surface area is 84.9 Å². The molecule has 1 aliphatic carbocycles. The Kier molecular flexibility index (Phi) is 4.49. The molecule has 5 heteroatoms. The van der Waals surface area contributed by atoms with Crippen LogP contribution >= 0.6 is 11.6 Å². The molecule has 0 aromatic carbocycles. The van der Waals surface area contributed by atoms with Gasteiger partial charge in [-0.1, -0.05) is 19.3 Å². The summed E-state index contributed by atoms with van der Waals surface area (Å²) in [6.45, 7) is 0.565. The lowest BCUT2D eigenvalue weighted by atomic mass is 9.90. The summed E-state index contributed by atoms with van der Waals surface area (Å²) in [5.41, 5.74) is 0. The highest BCUT2D eigenvalue weighted by molar-refractivity contribution is 7.90. The van der Waals surface area contributed by atoms with Crippen LogP contribution in [0.2, 0.25) is 0 Å². The average molecular weight is 226 g/mol. The minimum absolute atomic E-state index is 0.334. The Bertz CT molecular complexity index is 235. The predicted molar refractivity (Wildman–Crippen MR) is 54.2 cm³/mol. The second-order valence-corrected chi connectivity index (χ2v) is 5.97. The van der Waals surface area contributed by atoms with Gasteiger partial charge in [-0.25, -0.2) is 13.1 Å². The van der Waals surface area contributed by atoms with E-state index in [2.05, 4.69) is 4.72 Å². The van der Waals surface area contributed by atoms with Crippen molar-refractivity contribution in [3.8, 4) is 0 Å². The third-order valence-corrected chi connectivity index (χ3v) is 4.22. The first-order chi connectivity index (χ1) is 6.14. The van der Waals surface area contributed by atoms with Crippen molar-refractivity contribution in [2.24, 2.45) is 5.92 Å². The summed E-state index contributed by atoms with van der Waals surface area (Å²) in [5, 5.41) is -0.334. The van der Waals surface area contributed by atoms with Crippen LogP contribution in [0.5, 0.6) is 0 Å². The maximum Gasteiger partial charge on any atom is 0.225 e. The van der Waals surface area contributed by atoms with Crippen LogP contribution in [-0.4, -0.2) is 20.2 Å². The van der Waals surface area contributed by atoms with Crippen molar-refractivity contribution in [2.75, 3.05) is 11.8 Å². The van der Waals surface area contributed by atoms with E-state index >= 15 is 0 Å². The lowest BCUT2D eigenvalue weighted by molar-refractivity contribution is 0.357. The van der Waals surface area contributed by atoms with Gasteiger partial charge in [0.2, 0.25) is 10.0 Å². The number of halogens is 1. The number of hydrogen-bond donors (Lipinski definition) is 1. The number of alkyl halides is 1. The first kappa shape index (κ1) is 11.3. The first-order valence-electron chi connectivity index (χ1n) is 4.67. The van der Waals surface area contributed by atoms with Gasteiger partial charge < -0.3 is 0 Å². The molecule has 0 unspecified atom stereocenters. The van der Waals surface area contributed by atoms with Crippen molar-refractivity contribution in [2.45, 2.75) is 32.1 Å². The topological polar surface area (TPSA) is 46.2 Å². The van der Waals surface area contributed by atoms with E-state index < -0.39 is 10.0 Å². The molecule has 1 rings (SSSR count). The van der Waals surface area contributed by atoms with Crippen LogP contribution in [0.25, 0.3) is 0 Å². The van der Waals surface area contributed by atoms with E-state index in [9.17, 15) is 8.42 Å². The summed E-state index contributed by atoms with van der Waals surface area (Å²) >= 11 is 5.26. The summed E-state index contributed by atoms with van der Waals surface area (Å²) in [5.74, 6) is 0.520. The third kappa shape index (κ3) is 4.29. The van der Waals surface area contributed by atoms with Crippen molar-refractivity contribution in [1.82, 2.24) is 4.72 Å². The zero-order valence-corrected chi connectivity index (χ0v) is 9.20. The molecule has 0 radical (unpaired) electrons. The van der Waals surface area contributed by atoms with Crippen LogP contribution in [0.4, 0.5) is 0 Å². The second kappa shape index (κ2) is 5.17. The molecular formula is C8H16ClNO2S. The Morgan fingerprint density at radius 3 is 2.38 bits per heavy atom. The van der Waals surface area contributed by atoms with E-state index in [1.54, 1.807) is 0 Å². The van der Waals surface area contributed by atoms with Gasteiger partial charge in [-0.3, -0.25) is 0 Å². The van der Waals surface area contributed by atoms with Crippen molar-refractivity contribution in [1.29, 1.82) is 0 Å². The van der Waals surface area contributed by atoms with Crippen molar-refractivity contribution >= 4 is 21.6 Å². The second-order valence-electron chi connectivity index (χ2n) is 3.58. The molecule has 1 aliphatic rings. The maximum absolute atomic E-state index is 11.0. The summed E-state index contributed by atoms with van der Waals surface area (Å²) in [4.78, 5) is 0. The minimum Gasteiger partial charge on any atom is -0.214 e. The fraction of sp³-hybridized carbons (Fsp3) is 1.00. The Hall–Kier alpha value is 0.200. The zero-order valence-electron chi connectivity index (χ0n) is 7.63. The lowest BCUT2D eigenvalue weighted by Gasteiger charge is -2.21. The van der Waals surface area contributed by atoms with Gasteiger partial charge >= 0.3 is 0 Å². The fourth-order valence-electron chi connectivity index (χ4n) is 1.67. The smallest absolute Gasteiger partial charge is 0.214 e. The summed E-state index contributed by atoms with van der Waals surface area (Å²) < 4.78 is 24.5. The Morgan fingerprint density at radius 1 is 1.23 bits per heavy atom. The molecule has 0 saturated heterocycles. The van der Waals surface area contributed by atoms with Crippen LogP contribution in [-0.2, 0) is 10.0 Å². The quantitative estimate of drug-likeness (QED) is 0.741. The van der Waals surface area contributed by atoms with Crippen LogP contribution in [0.1, 0.15) is 32.1 Å². The van der Waals surface area contributed by atoms with E-state index in [1.807, 2.05) is 0 Å². The van der Waals surface area contributed by atoms with Gasteiger partial charge in [-0.2, -0.15) is 0 Å². The molecule has 0 aliphatic heterocycles. The molecule has 1 N–H and O–H groups in total. The van der Waals surface area contributed by atoms with E-state index in [0.29, 0.717) is 12.5 Å². The Balaban J connectivity index is 2.25. The van der Waals surface area contributed by atoms with Crippen molar-refractivity contribution in [3.63, 3.8) is 0 Å². The van der Waals surface area contributed by atoms with E-state index in [4.69, 9.17) is 11.6 Å². The molecular weight excluding hydrogens is 210 g/mol. The molecule has 0 heterocycles. The SMILES string of the molecule is O=S(=O)(CCl)NCC1CCCCC1. The molecule has 0 aromatic rings. The molecule has 1 fully saturated rings. The monoisotopic (exact) mass is 225 g/mol. The minimum atomic E-state index is -3.20. The molecule has 13 heavy (non-hydrogen) atoms. The van der Waals surface area contributed by atoms with Crippen LogP contribution in [0.15, 0.2) is 0 Å². The van der Waals surface area contributed by atoms with Gasteiger partial charge in [-0.15, -0.1) is 11.6 Å². The molecule has 3 nitrogen and oxygen atoms in total. The van der Waals surface area contributed by atoms with E-state index in [0.717, 1.165) is 12.8 Å². The summed E-state index contributed by atoms with van der Waals surface area (Å²) in [7, 11) is -3.20. The predicted octanol–water partition coefficient (Wildman–Crippen LogP) is 1.68. The molecule has 0 spiro atoms. The van der Waals surface area contributed by atoms with E-state index in [-0.39, 0.29) is 5.21 Å². The normalized spacial score (nSPS) is 20.4. The number of nitrogens with one attached hydrogen (secondary N) is 1. The van der Waals surface area contributed by atoms with Gasteiger partial charge in [-0.05, 0) is 18.8 Å². The molecule has 0 bridgehead atoms. The standard InChI is InChI=1S/C8H16ClNO2S/c9-7-13(11,12)10-6-8-4-2-1-3-5-8/h8,10H,1-7H2. The van der Waals surface area contributed by atoms with Crippen molar-refractivity contribution < 1.29 is 8.42 Å². The Morgan fingerprint density at radius 2 is 1.85 bits per heavy atom. The molecule has 0 aromatic heterocycles. The van der Waals surface area contributed by atoms with Gasteiger partial charge in [0.05, 0.1) is 0 Å². The fourth-order valence-corrected chi connectivity index (χ4v) is 2.47. The highest BCUT2D eigenvalue weighted by Gasteiger charge is 2.16. The molecule has 0 amide bonds. The first-order valence-corrected chi connectivity index (χ1v) is 6.86. The molecule has 1 saturated carbocycles. The van der Waals surface area contributed by atoms with E-state index in [1.165, 1.54) is 19.3 Å². The molecule has 0 atom stereocenters. The van der Waals surface area contributed by atoms with Gasteiger partial charge in [0.1, 0.15) is 5.21 Å². The zero-order chi connectivity index (χ0) is 9.73. The van der Waals surface area contributed by atoms with Gasteiger partial charge in [0, 0.05) is 6.54 Å².